The van der Waals surface area contributed by atoms with E-state index in [4.69, 9.17) is 4.74 Å². The van der Waals surface area contributed by atoms with Crippen molar-refractivity contribution in [2.24, 2.45) is 0 Å². The third-order valence-electron chi connectivity index (χ3n) is 2.25. The lowest BCUT2D eigenvalue weighted by Gasteiger charge is -2.17. The molecular formula is C13H22N2O2. The molecule has 0 fully saturated rings. The fourth-order valence-corrected chi connectivity index (χ4v) is 1.34. The van der Waals surface area contributed by atoms with Crippen LogP contribution in [0, 0.1) is 0 Å². The quantitative estimate of drug-likeness (QED) is 0.740. The lowest BCUT2D eigenvalue weighted by Crippen LogP contribution is -2.27. The molecule has 96 valence electrons. The van der Waals surface area contributed by atoms with Crippen molar-refractivity contribution in [3.8, 4) is 5.88 Å². The molecule has 4 nitrogen and oxygen atoms in total. The van der Waals surface area contributed by atoms with E-state index in [0.717, 1.165) is 6.54 Å². The van der Waals surface area contributed by atoms with Crippen LogP contribution < -0.4 is 10.1 Å². The second kappa shape index (κ2) is 5.98. The van der Waals surface area contributed by atoms with Crippen molar-refractivity contribution >= 4 is 0 Å². The molecule has 0 saturated carbocycles. The molecule has 0 amide bonds. The summed E-state index contributed by atoms with van der Waals surface area (Å²) in [4.78, 5) is 4.26. The third-order valence-corrected chi connectivity index (χ3v) is 2.25. The molecule has 0 aliphatic heterocycles. The highest BCUT2D eigenvalue weighted by molar-refractivity contribution is 5.19. The van der Waals surface area contributed by atoms with Crippen molar-refractivity contribution in [1.82, 2.24) is 10.3 Å². The molecule has 0 aromatic carbocycles. The zero-order valence-corrected chi connectivity index (χ0v) is 11.0. The molecule has 1 aromatic heterocycles. The Labute approximate surface area is 103 Å². The van der Waals surface area contributed by atoms with Crippen LogP contribution >= 0.6 is 0 Å². The van der Waals surface area contributed by atoms with E-state index in [1.165, 1.54) is 0 Å². The molecular weight excluding hydrogens is 216 g/mol. The molecule has 0 spiro atoms. The van der Waals surface area contributed by atoms with Crippen LogP contribution in [0.25, 0.3) is 0 Å². The Morgan fingerprint density at radius 1 is 1.41 bits per heavy atom. The van der Waals surface area contributed by atoms with Gasteiger partial charge in [0.1, 0.15) is 12.2 Å². The Bertz CT molecular complexity index is 346. The van der Waals surface area contributed by atoms with Crippen molar-refractivity contribution in [2.45, 2.75) is 39.3 Å². The summed E-state index contributed by atoms with van der Waals surface area (Å²) in [5.74, 6) is 0.551. The van der Waals surface area contributed by atoms with Gasteiger partial charge in [-0.25, -0.2) is 4.98 Å². The molecule has 1 heterocycles. The van der Waals surface area contributed by atoms with Crippen molar-refractivity contribution in [2.75, 3.05) is 13.2 Å². The minimum absolute atomic E-state index is 0.453. The molecule has 0 aliphatic rings. The van der Waals surface area contributed by atoms with Crippen LogP contribution in [0.2, 0.25) is 0 Å². The van der Waals surface area contributed by atoms with Gasteiger partial charge in [0.05, 0.1) is 5.69 Å². The van der Waals surface area contributed by atoms with E-state index >= 15 is 0 Å². The molecule has 2 N–H and O–H groups in total. The molecule has 0 saturated heterocycles. The van der Waals surface area contributed by atoms with E-state index < -0.39 is 5.60 Å². The molecule has 1 rings (SSSR count). The number of hydrogen-bond acceptors (Lipinski definition) is 4. The van der Waals surface area contributed by atoms with Crippen molar-refractivity contribution < 1.29 is 9.84 Å². The van der Waals surface area contributed by atoms with Crippen LogP contribution in [0.15, 0.2) is 18.2 Å². The molecule has 1 aromatic rings. The maximum Gasteiger partial charge on any atom is 0.213 e. The minimum Gasteiger partial charge on any atom is -0.476 e. The maximum absolute atomic E-state index is 9.83. The summed E-state index contributed by atoms with van der Waals surface area (Å²) in [6.07, 6.45) is 0. The smallest absolute Gasteiger partial charge is 0.213 e. The van der Waals surface area contributed by atoms with Crippen molar-refractivity contribution in [3.63, 3.8) is 0 Å². The summed E-state index contributed by atoms with van der Waals surface area (Å²) >= 11 is 0. The van der Waals surface area contributed by atoms with Crippen LogP contribution in [0.5, 0.6) is 5.88 Å². The van der Waals surface area contributed by atoms with Gasteiger partial charge in [-0.05, 0) is 19.9 Å². The van der Waals surface area contributed by atoms with Crippen molar-refractivity contribution in [1.29, 1.82) is 0 Å². The predicted octanol–water partition coefficient (Wildman–Crippen LogP) is 1.69. The summed E-state index contributed by atoms with van der Waals surface area (Å²) in [5.41, 5.74) is -0.318. The molecule has 0 unspecified atom stereocenters. The number of nitrogens with one attached hydrogen (secondary N) is 1. The largest absolute Gasteiger partial charge is 0.476 e. The van der Waals surface area contributed by atoms with Crippen molar-refractivity contribution in [3.05, 3.63) is 23.9 Å². The number of hydrogen-bond donors (Lipinski definition) is 2. The minimum atomic E-state index is -0.935. The van der Waals surface area contributed by atoms with Crippen LogP contribution in [-0.2, 0) is 5.60 Å². The number of pyridine rings is 1. The monoisotopic (exact) mass is 238 g/mol. The second-order valence-electron chi connectivity index (χ2n) is 4.88. The molecule has 0 radical (unpaired) electrons. The predicted molar refractivity (Wildman–Crippen MR) is 68.1 cm³/mol. The van der Waals surface area contributed by atoms with Gasteiger partial charge in [0.25, 0.3) is 0 Å². The van der Waals surface area contributed by atoms with Gasteiger partial charge in [0.15, 0.2) is 0 Å². The maximum atomic E-state index is 9.83. The summed E-state index contributed by atoms with van der Waals surface area (Å²) in [5, 5.41) is 13.1. The van der Waals surface area contributed by atoms with E-state index in [2.05, 4.69) is 24.1 Å². The van der Waals surface area contributed by atoms with E-state index in [1.807, 2.05) is 6.07 Å². The van der Waals surface area contributed by atoms with Gasteiger partial charge < -0.3 is 15.2 Å². The standard InChI is InChI=1S/C13H22N2O2/c1-10(2)14-8-9-17-12-7-5-6-11(15-12)13(3,4)16/h5-7,10,14,16H,8-9H2,1-4H3. The van der Waals surface area contributed by atoms with E-state index in [0.29, 0.717) is 24.2 Å². The second-order valence-corrected chi connectivity index (χ2v) is 4.88. The Morgan fingerprint density at radius 3 is 2.71 bits per heavy atom. The highest BCUT2D eigenvalue weighted by Crippen LogP contribution is 2.19. The van der Waals surface area contributed by atoms with E-state index in [-0.39, 0.29) is 0 Å². The van der Waals surface area contributed by atoms with Gasteiger partial charge in [-0.15, -0.1) is 0 Å². The zero-order valence-electron chi connectivity index (χ0n) is 11.0. The van der Waals surface area contributed by atoms with Crippen LogP contribution in [0.3, 0.4) is 0 Å². The number of nitrogens with zero attached hydrogens (tertiary/aromatic N) is 1. The molecule has 0 aliphatic carbocycles. The lowest BCUT2D eigenvalue weighted by molar-refractivity contribution is 0.0729. The number of ether oxygens (including phenoxy) is 1. The van der Waals surface area contributed by atoms with Gasteiger partial charge in [-0.3, -0.25) is 0 Å². The van der Waals surface area contributed by atoms with Crippen LogP contribution in [0.1, 0.15) is 33.4 Å². The highest BCUT2D eigenvalue weighted by Gasteiger charge is 2.17. The Hall–Kier alpha value is -1.13. The van der Waals surface area contributed by atoms with Gasteiger partial charge in [-0.1, -0.05) is 19.9 Å². The van der Waals surface area contributed by atoms with Gasteiger partial charge in [0, 0.05) is 18.7 Å². The average molecular weight is 238 g/mol. The first kappa shape index (κ1) is 13.9. The molecule has 4 heteroatoms. The summed E-state index contributed by atoms with van der Waals surface area (Å²) in [7, 11) is 0. The highest BCUT2D eigenvalue weighted by atomic mass is 16.5. The number of aliphatic hydroxyl groups is 1. The first-order valence-corrected chi connectivity index (χ1v) is 5.95. The van der Waals surface area contributed by atoms with E-state index in [9.17, 15) is 5.11 Å². The van der Waals surface area contributed by atoms with Crippen LogP contribution in [0.4, 0.5) is 0 Å². The van der Waals surface area contributed by atoms with Gasteiger partial charge in [0.2, 0.25) is 5.88 Å². The summed E-state index contributed by atoms with van der Waals surface area (Å²) in [6.45, 7) is 8.95. The van der Waals surface area contributed by atoms with Gasteiger partial charge in [-0.2, -0.15) is 0 Å². The Balaban J connectivity index is 2.49. The van der Waals surface area contributed by atoms with E-state index in [1.54, 1.807) is 26.0 Å². The van der Waals surface area contributed by atoms with Gasteiger partial charge >= 0.3 is 0 Å². The molecule has 0 atom stereocenters. The topological polar surface area (TPSA) is 54.4 Å². The van der Waals surface area contributed by atoms with Crippen LogP contribution in [-0.4, -0.2) is 29.3 Å². The summed E-state index contributed by atoms with van der Waals surface area (Å²) in [6, 6.07) is 5.88. The number of rotatable bonds is 6. The molecule has 0 bridgehead atoms. The summed E-state index contributed by atoms with van der Waals surface area (Å²) < 4.78 is 5.51. The third kappa shape index (κ3) is 5.15. The fraction of sp³-hybridized carbons (Fsp3) is 0.615. The average Bonchev–Trinajstić information content (AvgIpc) is 2.23. The number of aromatic nitrogens is 1. The Morgan fingerprint density at radius 2 is 2.12 bits per heavy atom. The normalized spacial score (nSPS) is 11.9. The zero-order chi connectivity index (χ0) is 12.9. The fourth-order valence-electron chi connectivity index (χ4n) is 1.34. The molecule has 17 heavy (non-hydrogen) atoms. The Kier molecular flexibility index (Phi) is 4.90. The lowest BCUT2D eigenvalue weighted by atomic mass is 10.1. The first-order valence-electron chi connectivity index (χ1n) is 5.95. The first-order chi connectivity index (χ1) is 7.89. The SMILES string of the molecule is CC(C)NCCOc1cccc(C(C)(C)O)n1.